The predicted octanol–water partition coefficient (Wildman–Crippen LogP) is 3.77. The molecule has 0 spiro atoms. The topological polar surface area (TPSA) is 33.2 Å². The molecule has 0 aliphatic rings. The number of hydrogen-bond acceptors (Lipinski definition) is 2. The van der Waals surface area contributed by atoms with E-state index in [2.05, 4.69) is 20.9 Å². The summed E-state index contributed by atoms with van der Waals surface area (Å²) < 4.78 is 0.778. The molecule has 3 nitrogen and oxygen atoms in total. The van der Waals surface area contributed by atoms with E-state index in [9.17, 15) is 4.79 Å². The SMILES string of the molecule is CN(Cc1cccnc1)C(=O)c1ccc(Br)c(Cl)c1. The first-order chi connectivity index (χ1) is 9.08. The first kappa shape index (κ1) is 14.0. The van der Waals surface area contributed by atoms with Crippen molar-refractivity contribution in [1.29, 1.82) is 0 Å². The Bertz CT molecular complexity index is 589. The minimum atomic E-state index is -0.0711. The van der Waals surface area contributed by atoms with E-state index in [1.807, 2.05) is 12.1 Å². The van der Waals surface area contributed by atoms with Crippen LogP contribution >= 0.6 is 27.5 Å². The molecule has 0 fully saturated rings. The van der Waals surface area contributed by atoms with Crippen LogP contribution in [0.1, 0.15) is 15.9 Å². The smallest absolute Gasteiger partial charge is 0.253 e. The van der Waals surface area contributed by atoms with Crippen LogP contribution in [0, 0.1) is 0 Å². The summed E-state index contributed by atoms with van der Waals surface area (Å²) in [4.78, 5) is 17.9. The minimum Gasteiger partial charge on any atom is -0.337 e. The molecule has 1 heterocycles. The summed E-state index contributed by atoms with van der Waals surface area (Å²) in [7, 11) is 1.76. The molecule has 5 heteroatoms. The second kappa shape index (κ2) is 6.17. The highest BCUT2D eigenvalue weighted by Gasteiger charge is 2.13. The maximum absolute atomic E-state index is 12.2. The van der Waals surface area contributed by atoms with Crippen LogP contribution in [-0.4, -0.2) is 22.8 Å². The lowest BCUT2D eigenvalue weighted by Crippen LogP contribution is -2.26. The Morgan fingerprint density at radius 2 is 2.21 bits per heavy atom. The van der Waals surface area contributed by atoms with Gasteiger partial charge in [0.25, 0.3) is 5.91 Å². The molecule has 1 aromatic carbocycles. The third kappa shape index (κ3) is 3.55. The maximum Gasteiger partial charge on any atom is 0.253 e. The van der Waals surface area contributed by atoms with Crippen LogP contribution in [0.25, 0.3) is 0 Å². The molecule has 1 aromatic heterocycles. The van der Waals surface area contributed by atoms with Gasteiger partial charge in [-0.3, -0.25) is 9.78 Å². The van der Waals surface area contributed by atoms with Crippen molar-refractivity contribution in [2.24, 2.45) is 0 Å². The second-order valence-corrected chi connectivity index (χ2v) is 5.41. The molecule has 0 aliphatic carbocycles. The van der Waals surface area contributed by atoms with Crippen LogP contribution in [0.4, 0.5) is 0 Å². The Hall–Kier alpha value is -1.39. The lowest BCUT2D eigenvalue weighted by atomic mass is 10.2. The number of halogens is 2. The maximum atomic E-state index is 12.2. The highest BCUT2D eigenvalue weighted by molar-refractivity contribution is 9.10. The second-order valence-electron chi connectivity index (χ2n) is 4.15. The molecule has 2 aromatic rings. The predicted molar refractivity (Wildman–Crippen MR) is 79.2 cm³/mol. The molecule has 0 radical (unpaired) electrons. The first-order valence-electron chi connectivity index (χ1n) is 5.67. The summed E-state index contributed by atoms with van der Waals surface area (Å²) >= 11 is 9.30. The van der Waals surface area contributed by atoms with Crippen molar-refractivity contribution >= 4 is 33.4 Å². The molecule has 0 atom stereocenters. The van der Waals surface area contributed by atoms with Gasteiger partial charge >= 0.3 is 0 Å². The third-order valence-electron chi connectivity index (χ3n) is 2.66. The Morgan fingerprint density at radius 3 is 2.84 bits per heavy atom. The summed E-state index contributed by atoms with van der Waals surface area (Å²) in [6.45, 7) is 0.514. The van der Waals surface area contributed by atoms with Crippen LogP contribution in [-0.2, 0) is 6.54 Å². The molecule has 0 N–H and O–H groups in total. The molecule has 0 aliphatic heterocycles. The van der Waals surface area contributed by atoms with Gasteiger partial charge in [0.05, 0.1) is 5.02 Å². The van der Waals surface area contributed by atoms with Gasteiger partial charge in [0.15, 0.2) is 0 Å². The Balaban J connectivity index is 2.12. The zero-order valence-corrected chi connectivity index (χ0v) is 12.6. The zero-order chi connectivity index (χ0) is 13.8. The Labute approximate surface area is 125 Å². The van der Waals surface area contributed by atoms with Crippen molar-refractivity contribution in [3.8, 4) is 0 Å². The molecule has 2 rings (SSSR count). The highest BCUT2D eigenvalue weighted by atomic mass is 79.9. The van der Waals surface area contributed by atoms with Crippen molar-refractivity contribution in [2.75, 3.05) is 7.05 Å². The van der Waals surface area contributed by atoms with E-state index in [0.29, 0.717) is 17.1 Å². The highest BCUT2D eigenvalue weighted by Crippen LogP contribution is 2.23. The Kier molecular flexibility index (Phi) is 4.56. The molecule has 0 bridgehead atoms. The van der Waals surface area contributed by atoms with Crippen molar-refractivity contribution < 1.29 is 4.79 Å². The normalized spacial score (nSPS) is 10.3. The molecular weight excluding hydrogens is 328 g/mol. The number of carbonyl (C=O) groups excluding carboxylic acids is 1. The lowest BCUT2D eigenvalue weighted by molar-refractivity contribution is 0.0785. The van der Waals surface area contributed by atoms with E-state index in [0.717, 1.165) is 10.0 Å². The fourth-order valence-corrected chi connectivity index (χ4v) is 2.11. The van der Waals surface area contributed by atoms with E-state index in [-0.39, 0.29) is 5.91 Å². The van der Waals surface area contributed by atoms with Gasteiger partial charge in [-0.25, -0.2) is 0 Å². The van der Waals surface area contributed by atoms with Crippen LogP contribution in [0.3, 0.4) is 0 Å². The molecule has 0 unspecified atom stereocenters. The number of amides is 1. The molecule has 19 heavy (non-hydrogen) atoms. The molecule has 0 saturated carbocycles. The summed E-state index contributed by atoms with van der Waals surface area (Å²) in [6, 6.07) is 8.97. The van der Waals surface area contributed by atoms with E-state index < -0.39 is 0 Å². The fourth-order valence-electron chi connectivity index (χ4n) is 1.69. The van der Waals surface area contributed by atoms with Gasteiger partial charge in [0, 0.05) is 36.0 Å². The van der Waals surface area contributed by atoms with Crippen LogP contribution in [0.15, 0.2) is 47.2 Å². The van der Waals surface area contributed by atoms with E-state index in [1.54, 1.807) is 42.5 Å². The average Bonchev–Trinajstić information content (AvgIpc) is 2.42. The monoisotopic (exact) mass is 338 g/mol. The van der Waals surface area contributed by atoms with Gasteiger partial charge in [-0.05, 0) is 45.8 Å². The van der Waals surface area contributed by atoms with Gasteiger partial charge in [0.2, 0.25) is 0 Å². The zero-order valence-electron chi connectivity index (χ0n) is 10.3. The van der Waals surface area contributed by atoms with Gasteiger partial charge in [-0.1, -0.05) is 17.7 Å². The first-order valence-corrected chi connectivity index (χ1v) is 6.84. The molecule has 1 amide bonds. The Morgan fingerprint density at radius 1 is 1.42 bits per heavy atom. The number of carbonyl (C=O) groups is 1. The standard InChI is InChI=1S/C14H12BrClN2O/c1-18(9-10-3-2-6-17-8-10)14(19)11-4-5-12(15)13(16)7-11/h2-8H,9H2,1H3. The summed E-state index contributed by atoms with van der Waals surface area (Å²) in [5.41, 5.74) is 1.56. The number of nitrogens with zero attached hydrogens (tertiary/aromatic N) is 2. The molecule has 0 saturated heterocycles. The molecule has 98 valence electrons. The van der Waals surface area contributed by atoms with Crippen molar-refractivity contribution in [1.82, 2.24) is 9.88 Å². The van der Waals surface area contributed by atoms with Crippen LogP contribution < -0.4 is 0 Å². The lowest BCUT2D eigenvalue weighted by Gasteiger charge is -2.17. The van der Waals surface area contributed by atoms with Crippen molar-refractivity contribution in [2.45, 2.75) is 6.54 Å². The van der Waals surface area contributed by atoms with E-state index >= 15 is 0 Å². The summed E-state index contributed by atoms with van der Waals surface area (Å²) in [6.07, 6.45) is 3.46. The molecular formula is C14H12BrClN2O. The number of benzene rings is 1. The quantitative estimate of drug-likeness (QED) is 0.853. The van der Waals surface area contributed by atoms with Gasteiger partial charge in [-0.15, -0.1) is 0 Å². The summed E-state index contributed by atoms with van der Waals surface area (Å²) in [5, 5.41) is 0.528. The fraction of sp³-hybridized carbons (Fsp3) is 0.143. The van der Waals surface area contributed by atoms with E-state index in [4.69, 9.17) is 11.6 Å². The average molecular weight is 340 g/mol. The third-order valence-corrected chi connectivity index (χ3v) is 3.89. The van der Waals surface area contributed by atoms with Crippen LogP contribution in [0.5, 0.6) is 0 Å². The summed E-state index contributed by atoms with van der Waals surface area (Å²) in [5.74, 6) is -0.0711. The van der Waals surface area contributed by atoms with Crippen molar-refractivity contribution in [3.63, 3.8) is 0 Å². The number of rotatable bonds is 3. The number of pyridine rings is 1. The van der Waals surface area contributed by atoms with Crippen LogP contribution in [0.2, 0.25) is 5.02 Å². The van der Waals surface area contributed by atoms with E-state index in [1.165, 1.54) is 0 Å². The minimum absolute atomic E-state index is 0.0711. The van der Waals surface area contributed by atoms with Gasteiger partial charge < -0.3 is 4.90 Å². The van der Waals surface area contributed by atoms with Crippen molar-refractivity contribution in [3.05, 3.63) is 63.3 Å². The van der Waals surface area contributed by atoms with Gasteiger partial charge in [0.1, 0.15) is 0 Å². The van der Waals surface area contributed by atoms with Gasteiger partial charge in [-0.2, -0.15) is 0 Å². The largest absolute Gasteiger partial charge is 0.337 e. The number of hydrogen-bond donors (Lipinski definition) is 0. The number of aromatic nitrogens is 1.